The Kier molecular flexibility index (Phi) is 5.00. The highest BCUT2D eigenvalue weighted by atomic mass is 35.5. The summed E-state index contributed by atoms with van der Waals surface area (Å²) in [5, 5.41) is 3.27. The van der Waals surface area contributed by atoms with Crippen LogP contribution in [-0.2, 0) is 14.8 Å². The number of piperidine rings is 1. The molecule has 2 fully saturated rings. The van der Waals surface area contributed by atoms with Crippen LogP contribution in [0.1, 0.15) is 6.42 Å². The Hall–Kier alpha value is 0.120. The van der Waals surface area contributed by atoms with Gasteiger partial charge in [-0.3, -0.25) is 0 Å². The number of ether oxygens (including phenoxy) is 1. The van der Waals surface area contributed by atoms with Gasteiger partial charge < -0.3 is 10.1 Å². The summed E-state index contributed by atoms with van der Waals surface area (Å²) in [6.07, 6.45) is 2.45. The van der Waals surface area contributed by atoms with Crippen molar-refractivity contribution < 1.29 is 13.2 Å². The van der Waals surface area contributed by atoms with E-state index in [4.69, 9.17) is 4.74 Å². The standard InChI is InChI=1S/C9H18N2O3S.ClH/c1-15(12,13)11-4-5-14-9-6-10-3-2-8(9)7-11;/h8-10H,2-7H2,1H3;1H/t8-,9-;/m1./s1. The van der Waals surface area contributed by atoms with Crippen molar-refractivity contribution in [2.24, 2.45) is 5.92 Å². The lowest BCUT2D eigenvalue weighted by Crippen LogP contribution is -2.45. The van der Waals surface area contributed by atoms with E-state index in [1.807, 2.05) is 0 Å². The van der Waals surface area contributed by atoms with Gasteiger partial charge >= 0.3 is 0 Å². The number of nitrogens with one attached hydrogen (secondary N) is 1. The van der Waals surface area contributed by atoms with E-state index in [0.717, 1.165) is 19.5 Å². The Labute approximate surface area is 103 Å². The molecule has 0 spiro atoms. The molecule has 0 saturated carbocycles. The number of hydrogen-bond acceptors (Lipinski definition) is 4. The maximum absolute atomic E-state index is 11.5. The molecular weight excluding hydrogens is 252 g/mol. The lowest BCUT2D eigenvalue weighted by molar-refractivity contribution is 0.0179. The lowest BCUT2D eigenvalue weighted by Gasteiger charge is -2.31. The number of sulfonamides is 1. The van der Waals surface area contributed by atoms with Crippen molar-refractivity contribution in [3.8, 4) is 0 Å². The molecule has 2 heterocycles. The zero-order valence-corrected chi connectivity index (χ0v) is 11.0. The fraction of sp³-hybridized carbons (Fsp3) is 1.00. The van der Waals surface area contributed by atoms with Crippen molar-refractivity contribution in [3.05, 3.63) is 0 Å². The van der Waals surface area contributed by atoms with Crippen LogP contribution >= 0.6 is 12.4 Å². The van der Waals surface area contributed by atoms with Crippen LogP contribution in [0.2, 0.25) is 0 Å². The van der Waals surface area contributed by atoms with E-state index in [2.05, 4.69) is 5.32 Å². The monoisotopic (exact) mass is 270 g/mol. The van der Waals surface area contributed by atoms with Crippen LogP contribution in [0.4, 0.5) is 0 Å². The van der Waals surface area contributed by atoms with Crippen LogP contribution < -0.4 is 5.32 Å². The third-order valence-corrected chi connectivity index (χ3v) is 4.41. The first-order valence-electron chi connectivity index (χ1n) is 5.35. The smallest absolute Gasteiger partial charge is 0.211 e. The van der Waals surface area contributed by atoms with Crippen molar-refractivity contribution in [3.63, 3.8) is 0 Å². The summed E-state index contributed by atoms with van der Waals surface area (Å²) in [6.45, 7) is 3.43. The van der Waals surface area contributed by atoms with Gasteiger partial charge in [0.15, 0.2) is 0 Å². The molecule has 0 aliphatic carbocycles. The van der Waals surface area contributed by atoms with Gasteiger partial charge in [0.1, 0.15) is 0 Å². The van der Waals surface area contributed by atoms with E-state index in [1.165, 1.54) is 6.26 Å². The van der Waals surface area contributed by atoms with E-state index >= 15 is 0 Å². The molecule has 5 nitrogen and oxygen atoms in total. The van der Waals surface area contributed by atoms with Gasteiger partial charge in [0.05, 0.1) is 19.0 Å². The van der Waals surface area contributed by atoms with Crippen molar-refractivity contribution in [2.75, 3.05) is 39.0 Å². The number of hydrogen-bond donors (Lipinski definition) is 1. The molecule has 0 unspecified atom stereocenters. The summed E-state index contributed by atoms with van der Waals surface area (Å²) in [4.78, 5) is 0. The third-order valence-electron chi connectivity index (χ3n) is 3.14. The molecule has 2 rings (SSSR count). The van der Waals surface area contributed by atoms with E-state index in [-0.39, 0.29) is 18.5 Å². The average molecular weight is 271 g/mol. The predicted octanol–water partition coefficient (Wildman–Crippen LogP) is -0.322. The van der Waals surface area contributed by atoms with Crippen LogP contribution in [0.25, 0.3) is 0 Å². The second-order valence-corrected chi connectivity index (χ2v) is 6.27. The molecule has 0 aromatic carbocycles. The third kappa shape index (κ3) is 3.30. The SMILES string of the molecule is CS(=O)(=O)N1CCO[C@@H]2CNCC[C@@H]2C1.Cl. The number of rotatable bonds is 1. The largest absolute Gasteiger partial charge is 0.375 e. The lowest BCUT2D eigenvalue weighted by atomic mass is 9.95. The van der Waals surface area contributed by atoms with Gasteiger partial charge in [0.25, 0.3) is 0 Å². The Bertz CT molecular complexity index is 323. The molecule has 0 radical (unpaired) electrons. The maximum atomic E-state index is 11.5. The van der Waals surface area contributed by atoms with Crippen LogP contribution in [-0.4, -0.2) is 57.9 Å². The molecular formula is C9H19ClN2O3S. The van der Waals surface area contributed by atoms with Crippen molar-refractivity contribution in [2.45, 2.75) is 12.5 Å². The number of halogens is 1. The van der Waals surface area contributed by atoms with E-state index in [9.17, 15) is 8.42 Å². The topological polar surface area (TPSA) is 58.6 Å². The van der Waals surface area contributed by atoms with Crippen molar-refractivity contribution in [1.82, 2.24) is 9.62 Å². The summed E-state index contributed by atoms with van der Waals surface area (Å²) >= 11 is 0. The summed E-state index contributed by atoms with van der Waals surface area (Å²) in [6, 6.07) is 0. The van der Waals surface area contributed by atoms with Gasteiger partial charge in [-0.2, -0.15) is 4.31 Å². The van der Waals surface area contributed by atoms with Crippen molar-refractivity contribution >= 4 is 22.4 Å². The summed E-state index contributed by atoms with van der Waals surface area (Å²) < 4.78 is 30.1. The number of nitrogens with zero attached hydrogens (tertiary/aromatic N) is 1. The van der Waals surface area contributed by atoms with Crippen LogP contribution in [0, 0.1) is 5.92 Å². The van der Waals surface area contributed by atoms with Gasteiger partial charge in [-0.1, -0.05) is 0 Å². The predicted molar refractivity (Wildman–Crippen MR) is 64.4 cm³/mol. The molecule has 2 atom stereocenters. The Balaban J connectivity index is 0.00000128. The molecule has 1 N–H and O–H groups in total. The zero-order chi connectivity index (χ0) is 10.9. The molecule has 7 heteroatoms. The minimum Gasteiger partial charge on any atom is -0.375 e. The maximum Gasteiger partial charge on any atom is 0.211 e. The first kappa shape index (κ1) is 14.2. The Morgan fingerprint density at radius 1 is 1.44 bits per heavy atom. The van der Waals surface area contributed by atoms with Crippen LogP contribution in [0.5, 0.6) is 0 Å². The minimum absolute atomic E-state index is 0. The van der Waals surface area contributed by atoms with Gasteiger partial charge in [0.2, 0.25) is 10.0 Å². The molecule has 96 valence electrons. The first-order chi connectivity index (χ1) is 7.07. The van der Waals surface area contributed by atoms with E-state index in [1.54, 1.807) is 4.31 Å². The Morgan fingerprint density at radius 3 is 2.88 bits per heavy atom. The molecule has 2 saturated heterocycles. The molecule has 2 aliphatic heterocycles. The first-order valence-corrected chi connectivity index (χ1v) is 7.19. The van der Waals surface area contributed by atoms with Crippen LogP contribution in [0.3, 0.4) is 0 Å². The summed E-state index contributed by atoms with van der Waals surface area (Å²) in [7, 11) is -3.07. The minimum atomic E-state index is -3.07. The average Bonchev–Trinajstić information content (AvgIpc) is 2.38. The zero-order valence-electron chi connectivity index (χ0n) is 9.39. The number of fused-ring (bicyclic) bond motifs is 1. The normalized spacial score (nSPS) is 32.3. The molecule has 0 aromatic heterocycles. The summed E-state index contributed by atoms with van der Waals surface area (Å²) in [5.41, 5.74) is 0. The van der Waals surface area contributed by atoms with Gasteiger partial charge in [-0.25, -0.2) is 8.42 Å². The van der Waals surface area contributed by atoms with Gasteiger partial charge in [-0.15, -0.1) is 12.4 Å². The second-order valence-electron chi connectivity index (χ2n) is 4.28. The van der Waals surface area contributed by atoms with Crippen molar-refractivity contribution in [1.29, 1.82) is 0 Å². The van der Waals surface area contributed by atoms with E-state index in [0.29, 0.717) is 25.6 Å². The highest BCUT2D eigenvalue weighted by molar-refractivity contribution is 7.88. The molecule has 16 heavy (non-hydrogen) atoms. The highest BCUT2D eigenvalue weighted by Crippen LogP contribution is 2.21. The fourth-order valence-corrected chi connectivity index (χ4v) is 3.12. The Morgan fingerprint density at radius 2 is 2.19 bits per heavy atom. The quantitative estimate of drug-likeness (QED) is 0.709. The van der Waals surface area contributed by atoms with Crippen LogP contribution in [0.15, 0.2) is 0 Å². The molecule has 0 bridgehead atoms. The molecule has 0 amide bonds. The molecule has 2 aliphatic rings. The molecule has 0 aromatic rings. The summed E-state index contributed by atoms with van der Waals surface area (Å²) in [5.74, 6) is 0.350. The fourth-order valence-electron chi connectivity index (χ4n) is 2.25. The second kappa shape index (κ2) is 5.64. The van der Waals surface area contributed by atoms with Gasteiger partial charge in [0, 0.05) is 25.6 Å². The van der Waals surface area contributed by atoms with Gasteiger partial charge in [-0.05, 0) is 13.0 Å². The highest BCUT2D eigenvalue weighted by Gasteiger charge is 2.32. The van der Waals surface area contributed by atoms with E-state index < -0.39 is 10.0 Å².